The van der Waals surface area contributed by atoms with Crippen LogP contribution in [0.1, 0.15) is 29.8 Å². The highest BCUT2D eigenvalue weighted by Crippen LogP contribution is 2.33. The summed E-state index contributed by atoms with van der Waals surface area (Å²) < 4.78 is 2.12. The van der Waals surface area contributed by atoms with Gasteiger partial charge in [-0.25, -0.2) is 19.9 Å². The Bertz CT molecular complexity index is 1690. The van der Waals surface area contributed by atoms with Gasteiger partial charge in [-0.2, -0.15) is 5.21 Å². The molecular weight excluding hydrogens is 462 g/mol. The van der Waals surface area contributed by atoms with E-state index in [1.165, 1.54) is 0 Å². The summed E-state index contributed by atoms with van der Waals surface area (Å²) in [6.45, 7) is 6.68. The number of tetrazole rings is 1. The molecule has 0 fully saturated rings. The number of aromatic amines is 1. The van der Waals surface area contributed by atoms with E-state index in [4.69, 9.17) is 19.9 Å². The van der Waals surface area contributed by atoms with Gasteiger partial charge in [-0.1, -0.05) is 43.3 Å². The molecule has 0 spiro atoms. The lowest BCUT2D eigenvalue weighted by molar-refractivity contribution is 0.708. The minimum Gasteiger partial charge on any atom is -0.305 e. The van der Waals surface area contributed by atoms with Crippen molar-refractivity contribution in [2.24, 2.45) is 0 Å². The van der Waals surface area contributed by atoms with Crippen molar-refractivity contribution in [2.45, 2.75) is 33.7 Å². The molecule has 0 aliphatic rings. The molecule has 0 amide bonds. The first-order valence-electron chi connectivity index (χ1n) is 12.2. The Kier molecular flexibility index (Phi) is 5.72. The first-order valence-corrected chi connectivity index (χ1v) is 12.2. The summed E-state index contributed by atoms with van der Waals surface area (Å²) in [5.74, 6) is 2.19. The maximum Gasteiger partial charge on any atom is 0.205 e. The van der Waals surface area contributed by atoms with E-state index in [1.807, 2.05) is 43.6 Å². The zero-order valence-corrected chi connectivity index (χ0v) is 20.8. The minimum absolute atomic E-state index is 0.498. The van der Waals surface area contributed by atoms with Crippen LogP contribution in [0.3, 0.4) is 0 Å². The zero-order valence-electron chi connectivity index (χ0n) is 20.8. The number of hydrogen-bond acceptors (Lipinski definition) is 7. The molecule has 1 N–H and O–H groups in total. The summed E-state index contributed by atoms with van der Waals surface area (Å²) >= 11 is 0. The summed E-state index contributed by atoms with van der Waals surface area (Å²) in [6.07, 6.45) is 4.50. The van der Waals surface area contributed by atoms with Crippen molar-refractivity contribution in [3.63, 3.8) is 0 Å². The molecule has 6 aromatic rings. The Labute approximate surface area is 213 Å². The molecule has 4 heterocycles. The third kappa shape index (κ3) is 4.24. The van der Waals surface area contributed by atoms with Crippen LogP contribution in [0.2, 0.25) is 0 Å². The van der Waals surface area contributed by atoms with E-state index in [0.29, 0.717) is 18.2 Å². The van der Waals surface area contributed by atoms with Gasteiger partial charge in [0.05, 0.1) is 6.54 Å². The number of nitrogens with one attached hydrogen (secondary N) is 1. The van der Waals surface area contributed by atoms with Crippen molar-refractivity contribution in [3.8, 4) is 33.6 Å². The van der Waals surface area contributed by atoms with Crippen molar-refractivity contribution >= 4 is 11.2 Å². The van der Waals surface area contributed by atoms with Gasteiger partial charge in [-0.3, -0.25) is 0 Å². The smallest absolute Gasteiger partial charge is 0.205 e. The highest BCUT2D eigenvalue weighted by molar-refractivity contribution is 5.84. The normalized spacial score (nSPS) is 11.3. The Hall–Kier alpha value is -4.79. The Morgan fingerprint density at radius 2 is 1.65 bits per heavy atom. The van der Waals surface area contributed by atoms with Gasteiger partial charge in [0.1, 0.15) is 17.2 Å². The molecule has 4 aromatic heterocycles. The zero-order chi connectivity index (χ0) is 25.4. The molecule has 182 valence electrons. The SMILES string of the molecule is CCc1nc2c(C)cc(C)nc2n1Cc1ncc(-c2cc(-c3ccccc3)ccc2-c2nn[nH]n2)cn1. The lowest BCUT2D eigenvalue weighted by atomic mass is 9.95. The Balaban J connectivity index is 1.39. The van der Waals surface area contributed by atoms with Crippen molar-refractivity contribution in [1.29, 1.82) is 0 Å². The van der Waals surface area contributed by atoms with E-state index in [-0.39, 0.29) is 0 Å². The van der Waals surface area contributed by atoms with Crippen molar-refractivity contribution in [1.82, 2.24) is 45.1 Å². The highest BCUT2D eigenvalue weighted by atomic mass is 15.5. The first-order chi connectivity index (χ1) is 18.1. The average molecular weight is 488 g/mol. The third-order valence-electron chi connectivity index (χ3n) is 6.45. The number of pyridine rings is 1. The number of hydrogen-bond donors (Lipinski definition) is 1. The van der Waals surface area contributed by atoms with Gasteiger partial charge >= 0.3 is 0 Å². The molecule has 9 heteroatoms. The molecule has 9 nitrogen and oxygen atoms in total. The summed E-state index contributed by atoms with van der Waals surface area (Å²) in [6, 6.07) is 18.5. The molecule has 0 saturated heterocycles. The maximum atomic E-state index is 4.83. The number of rotatable bonds is 6. The topological polar surface area (TPSA) is 111 Å². The fraction of sp³-hybridized carbons (Fsp3) is 0.179. The predicted molar refractivity (Wildman–Crippen MR) is 142 cm³/mol. The van der Waals surface area contributed by atoms with Crippen LogP contribution in [0.25, 0.3) is 44.8 Å². The number of H-pyrrole nitrogens is 1. The van der Waals surface area contributed by atoms with Crippen LogP contribution < -0.4 is 0 Å². The lowest BCUT2D eigenvalue weighted by Crippen LogP contribution is -2.08. The van der Waals surface area contributed by atoms with Crippen LogP contribution in [0, 0.1) is 13.8 Å². The number of imidazole rings is 1. The maximum absolute atomic E-state index is 4.83. The van der Waals surface area contributed by atoms with Crippen LogP contribution in [0.15, 0.2) is 67.0 Å². The van der Waals surface area contributed by atoms with Crippen LogP contribution in [0.5, 0.6) is 0 Å². The fourth-order valence-electron chi connectivity index (χ4n) is 4.67. The number of benzene rings is 2. The molecule has 0 unspecified atom stereocenters. The van der Waals surface area contributed by atoms with Gasteiger partial charge in [0.2, 0.25) is 5.82 Å². The van der Waals surface area contributed by atoms with Crippen LogP contribution in [-0.2, 0) is 13.0 Å². The van der Waals surface area contributed by atoms with E-state index >= 15 is 0 Å². The summed E-state index contributed by atoms with van der Waals surface area (Å²) in [4.78, 5) is 19.1. The number of nitrogens with zero attached hydrogens (tertiary/aromatic N) is 8. The molecule has 2 aromatic carbocycles. The first kappa shape index (κ1) is 22.7. The molecule has 0 saturated carbocycles. The molecule has 0 bridgehead atoms. The van der Waals surface area contributed by atoms with E-state index in [0.717, 1.165) is 62.5 Å². The van der Waals surface area contributed by atoms with E-state index < -0.39 is 0 Å². The molecule has 6 rings (SSSR count). The van der Waals surface area contributed by atoms with Crippen molar-refractivity contribution in [2.75, 3.05) is 0 Å². The van der Waals surface area contributed by atoms with Gasteiger partial charge in [0, 0.05) is 35.6 Å². The monoisotopic (exact) mass is 487 g/mol. The number of aromatic nitrogens is 9. The second-order valence-corrected chi connectivity index (χ2v) is 8.97. The van der Waals surface area contributed by atoms with Gasteiger partial charge in [0.15, 0.2) is 5.65 Å². The molecular formula is C28H25N9. The molecule has 37 heavy (non-hydrogen) atoms. The molecule has 0 aliphatic heterocycles. The highest BCUT2D eigenvalue weighted by Gasteiger charge is 2.17. The third-order valence-corrected chi connectivity index (χ3v) is 6.45. The van der Waals surface area contributed by atoms with Crippen LogP contribution in [-0.4, -0.2) is 45.1 Å². The Morgan fingerprint density at radius 1 is 0.838 bits per heavy atom. The quantitative estimate of drug-likeness (QED) is 0.353. The van der Waals surface area contributed by atoms with Crippen LogP contribution >= 0.6 is 0 Å². The fourth-order valence-corrected chi connectivity index (χ4v) is 4.67. The summed E-state index contributed by atoms with van der Waals surface area (Å²) in [5.41, 5.74) is 8.77. The van der Waals surface area contributed by atoms with E-state index in [9.17, 15) is 0 Å². The second-order valence-electron chi connectivity index (χ2n) is 8.97. The molecule has 0 aliphatic carbocycles. The predicted octanol–water partition coefficient (Wildman–Crippen LogP) is 4.96. The molecule has 0 atom stereocenters. The van der Waals surface area contributed by atoms with Crippen LogP contribution in [0.4, 0.5) is 0 Å². The van der Waals surface area contributed by atoms with Crippen molar-refractivity contribution < 1.29 is 0 Å². The largest absolute Gasteiger partial charge is 0.305 e. The average Bonchev–Trinajstić information content (AvgIpc) is 3.58. The molecule has 0 radical (unpaired) electrons. The Morgan fingerprint density at radius 3 is 2.38 bits per heavy atom. The van der Waals surface area contributed by atoms with E-state index in [2.05, 4.69) is 69.4 Å². The van der Waals surface area contributed by atoms with Gasteiger partial charge in [-0.15, -0.1) is 10.2 Å². The van der Waals surface area contributed by atoms with Gasteiger partial charge in [0.25, 0.3) is 0 Å². The summed E-state index contributed by atoms with van der Waals surface area (Å²) in [5, 5.41) is 14.7. The summed E-state index contributed by atoms with van der Waals surface area (Å²) in [7, 11) is 0. The van der Waals surface area contributed by atoms with Gasteiger partial charge < -0.3 is 4.57 Å². The van der Waals surface area contributed by atoms with Crippen molar-refractivity contribution in [3.05, 3.63) is 89.9 Å². The van der Waals surface area contributed by atoms with Gasteiger partial charge in [-0.05, 0) is 59.5 Å². The second kappa shape index (κ2) is 9.34. The van der Waals surface area contributed by atoms with E-state index in [1.54, 1.807) is 0 Å². The standard InChI is InChI=1S/C28H25N9/c1-4-25-32-26-17(2)12-18(3)31-28(26)37(25)16-24-29-14-21(15-30-24)23-13-20(19-8-6-5-7-9-19)10-11-22(23)27-33-35-36-34-27/h5-15H,4,16H2,1-3H3,(H,33,34,35,36). The lowest BCUT2D eigenvalue weighted by Gasteiger charge is -2.11. The number of aryl methyl sites for hydroxylation is 3. The number of fused-ring (bicyclic) bond motifs is 1. The minimum atomic E-state index is 0.498.